The summed E-state index contributed by atoms with van der Waals surface area (Å²) < 4.78 is 12.1. The molecule has 0 atom stereocenters. The van der Waals surface area contributed by atoms with Gasteiger partial charge in [-0.15, -0.1) is 0 Å². The zero-order valence-electron chi connectivity index (χ0n) is 36.0. The maximum atomic E-state index is 11.4. The van der Waals surface area contributed by atoms with E-state index in [-0.39, 0.29) is 11.1 Å². The first-order valence-electron chi connectivity index (χ1n) is 22.0. The average molecular weight is 811 g/mol. The van der Waals surface area contributed by atoms with Gasteiger partial charge >= 0.3 is 11.9 Å². The third-order valence-electron chi connectivity index (χ3n) is 9.77. The summed E-state index contributed by atoms with van der Waals surface area (Å²) in [6.45, 7) is 11.0. The number of benzene rings is 4. The van der Waals surface area contributed by atoms with E-state index in [1.54, 1.807) is 24.3 Å². The van der Waals surface area contributed by atoms with Crippen LogP contribution in [-0.4, -0.2) is 48.3 Å². The zero-order valence-corrected chi connectivity index (χ0v) is 36.0. The van der Waals surface area contributed by atoms with E-state index < -0.39 is 11.9 Å². The van der Waals surface area contributed by atoms with Crippen LogP contribution in [0.2, 0.25) is 0 Å². The minimum atomic E-state index is -0.959. The summed E-state index contributed by atoms with van der Waals surface area (Å²) in [5.74, 6) is 0.725. The maximum absolute atomic E-state index is 11.4. The van der Waals surface area contributed by atoms with Gasteiger partial charge in [0.05, 0.1) is 33.9 Å². The van der Waals surface area contributed by atoms with Crippen molar-refractivity contribution in [1.82, 2.24) is 0 Å². The average Bonchev–Trinajstić information content (AvgIpc) is 3.86. The molecule has 0 heterocycles. The molecular weight excluding hydrogens is 741 g/mol. The summed E-state index contributed by atoms with van der Waals surface area (Å²) >= 11 is 0. The van der Waals surface area contributed by atoms with Crippen LogP contribution in [0.1, 0.15) is 145 Å². The van der Waals surface area contributed by atoms with Crippen molar-refractivity contribution >= 4 is 34.7 Å². The number of aromatic carboxylic acids is 2. The maximum Gasteiger partial charge on any atom is 0.335 e. The number of carboxylic acids is 2. The van der Waals surface area contributed by atoms with Gasteiger partial charge in [0.1, 0.15) is 11.5 Å². The number of carbonyl (C=O) groups is 2. The van der Waals surface area contributed by atoms with E-state index in [9.17, 15) is 19.8 Å². The SMILES string of the molecule is C1CCCC1.C1CCCCC1.CCCCNc1cc(C(=O)O)cc(NCC)c1Oc1ccccc1.CCCCNc1cc(C(=O)O)cc(NCC)c1Oc1ccccc1. The molecule has 59 heavy (non-hydrogen) atoms. The van der Waals surface area contributed by atoms with E-state index in [1.165, 1.54) is 70.6 Å². The summed E-state index contributed by atoms with van der Waals surface area (Å²) in [6.07, 6.45) is 20.6. The first-order chi connectivity index (χ1) is 28.8. The van der Waals surface area contributed by atoms with Crippen LogP contribution >= 0.6 is 0 Å². The predicted molar refractivity (Wildman–Crippen MR) is 246 cm³/mol. The summed E-state index contributed by atoms with van der Waals surface area (Å²) in [5, 5.41) is 31.7. The highest BCUT2D eigenvalue weighted by atomic mass is 16.5. The van der Waals surface area contributed by atoms with Crippen LogP contribution in [0.4, 0.5) is 22.7 Å². The highest BCUT2D eigenvalue weighted by Crippen LogP contribution is 2.40. The molecule has 0 radical (unpaired) electrons. The number of ether oxygens (including phenoxy) is 2. The Bertz CT molecular complexity index is 1620. The minimum Gasteiger partial charge on any atom is -0.478 e. The first-order valence-corrected chi connectivity index (χ1v) is 22.0. The number of hydrogen-bond acceptors (Lipinski definition) is 8. The van der Waals surface area contributed by atoms with Crippen molar-refractivity contribution in [3.8, 4) is 23.0 Å². The Morgan fingerprint density at radius 1 is 0.475 bits per heavy atom. The van der Waals surface area contributed by atoms with Crippen LogP contribution in [0.25, 0.3) is 0 Å². The minimum absolute atomic E-state index is 0.227. The van der Waals surface area contributed by atoms with Gasteiger partial charge in [-0.05, 0) is 75.2 Å². The molecule has 6 N–H and O–H groups in total. The molecule has 0 spiro atoms. The molecule has 10 nitrogen and oxygen atoms in total. The zero-order chi connectivity index (χ0) is 42.5. The number of carboxylic acid groups (broad SMARTS) is 2. The van der Waals surface area contributed by atoms with Gasteiger partial charge in [0, 0.05) is 26.2 Å². The molecular formula is C49H70N4O6. The summed E-state index contributed by atoms with van der Waals surface area (Å²) in [5.41, 5.74) is 3.16. The number of para-hydroxylation sites is 2. The van der Waals surface area contributed by atoms with E-state index in [1.807, 2.05) is 74.5 Å². The molecule has 2 aliphatic carbocycles. The van der Waals surface area contributed by atoms with E-state index in [4.69, 9.17) is 9.47 Å². The van der Waals surface area contributed by atoms with Crippen molar-refractivity contribution in [2.24, 2.45) is 0 Å². The molecule has 4 aromatic rings. The molecule has 2 aliphatic rings. The third kappa shape index (κ3) is 18.4. The topological polar surface area (TPSA) is 141 Å². The Hall–Kier alpha value is -5.38. The van der Waals surface area contributed by atoms with E-state index >= 15 is 0 Å². The van der Waals surface area contributed by atoms with Gasteiger partial charge in [0.25, 0.3) is 0 Å². The fourth-order valence-corrected chi connectivity index (χ4v) is 6.59. The highest BCUT2D eigenvalue weighted by molar-refractivity contribution is 5.93. The Labute approximate surface area is 353 Å². The van der Waals surface area contributed by atoms with Crippen LogP contribution in [0.3, 0.4) is 0 Å². The van der Waals surface area contributed by atoms with Crippen LogP contribution in [0.15, 0.2) is 84.9 Å². The molecule has 0 amide bonds. The molecule has 6 rings (SSSR count). The van der Waals surface area contributed by atoms with Crippen molar-refractivity contribution in [3.63, 3.8) is 0 Å². The summed E-state index contributed by atoms with van der Waals surface area (Å²) in [7, 11) is 0. The molecule has 0 aliphatic heterocycles. The summed E-state index contributed by atoms with van der Waals surface area (Å²) in [6, 6.07) is 25.4. The lowest BCUT2D eigenvalue weighted by molar-refractivity contribution is 0.0686. The van der Waals surface area contributed by atoms with E-state index in [0.717, 1.165) is 38.8 Å². The lowest BCUT2D eigenvalue weighted by Gasteiger charge is -2.18. The van der Waals surface area contributed by atoms with Crippen molar-refractivity contribution in [1.29, 1.82) is 0 Å². The molecule has 0 saturated heterocycles. The smallest absolute Gasteiger partial charge is 0.335 e. The van der Waals surface area contributed by atoms with E-state index in [2.05, 4.69) is 35.1 Å². The predicted octanol–water partition coefficient (Wildman–Crippen LogP) is 13.9. The second kappa shape index (κ2) is 28.9. The highest BCUT2D eigenvalue weighted by Gasteiger charge is 2.18. The van der Waals surface area contributed by atoms with Gasteiger partial charge in [-0.2, -0.15) is 0 Å². The molecule has 2 saturated carbocycles. The molecule has 4 aromatic carbocycles. The first kappa shape index (κ1) is 48.0. The second-order valence-electron chi connectivity index (χ2n) is 14.8. The largest absolute Gasteiger partial charge is 0.478 e. The lowest BCUT2D eigenvalue weighted by atomic mass is 10.0. The van der Waals surface area contributed by atoms with Crippen LogP contribution < -0.4 is 30.7 Å². The van der Waals surface area contributed by atoms with Gasteiger partial charge in [-0.25, -0.2) is 9.59 Å². The number of hydrogen-bond donors (Lipinski definition) is 6. The van der Waals surface area contributed by atoms with Gasteiger partial charge in [-0.3, -0.25) is 0 Å². The summed E-state index contributed by atoms with van der Waals surface area (Å²) in [4.78, 5) is 22.8. The third-order valence-corrected chi connectivity index (χ3v) is 9.77. The Morgan fingerprint density at radius 3 is 1.02 bits per heavy atom. The van der Waals surface area contributed by atoms with Gasteiger partial charge in [0.15, 0.2) is 11.5 Å². The van der Waals surface area contributed by atoms with Gasteiger partial charge in [-0.1, -0.05) is 134 Å². The molecule has 0 bridgehead atoms. The van der Waals surface area contributed by atoms with Crippen molar-refractivity contribution in [3.05, 3.63) is 96.1 Å². The van der Waals surface area contributed by atoms with Crippen LogP contribution in [0, 0.1) is 0 Å². The second-order valence-corrected chi connectivity index (χ2v) is 14.8. The fraction of sp³-hybridized carbons (Fsp3) is 0.469. The molecule has 2 fully saturated rings. The van der Waals surface area contributed by atoms with E-state index in [0.29, 0.717) is 58.8 Å². The van der Waals surface area contributed by atoms with Crippen LogP contribution in [0.5, 0.6) is 23.0 Å². The number of unbranched alkanes of at least 4 members (excludes halogenated alkanes) is 2. The van der Waals surface area contributed by atoms with Crippen molar-refractivity contribution in [2.45, 2.75) is 124 Å². The van der Waals surface area contributed by atoms with Crippen molar-refractivity contribution in [2.75, 3.05) is 47.4 Å². The monoisotopic (exact) mass is 811 g/mol. The standard InChI is InChI=1S/2C19H24N2O3.C6H12.C5H10/c2*1-3-5-11-21-17-13-14(19(22)23)12-16(20-4-2)18(17)24-15-9-7-6-8-10-15;1-2-4-6-5-3-1;1-2-4-5-3-1/h2*6-10,12-13,20-21H,3-5,11H2,1-2H3,(H,22,23);1-6H2;1-5H2. The Morgan fingerprint density at radius 2 is 0.763 bits per heavy atom. The van der Waals surface area contributed by atoms with Gasteiger partial charge in [0.2, 0.25) is 0 Å². The van der Waals surface area contributed by atoms with Crippen molar-refractivity contribution < 1.29 is 29.3 Å². The number of rotatable bonds is 18. The van der Waals surface area contributed by atoms with Crippen LogP contribution in [-0.2, 0) is 0 Å². The normalized spacial score (nSPS) is 12.8. The van der Waals surface area contributed by atoms with Gasteiger partial charge < -0.3 is 41.0 Å². The lowest BCUT2D eigenvalue weighted by Crippen LogP contribution is -2.08. The Kier molecular flexibility index (Phi) is 23.5. The quantitative estimate of drug-likeness (QED) is 0.0538. The molecule has 0 unspecified atom stereocenters. The Balaban J connectivity index is 0.000000249. The fourth-order valence-electron chi connectivity index (χ4n) is 6.59. The number of nitrogens with one attached hydrogen (secondary N) is 4. The number of anilines is 4. The molecule has 10 heteroatoms. The molecule has 0 aromatic heterocycles. The molecule has 322 valence electrons.